The Balaban J connectivity index is 0.00000289. The molecule has 1 fully saturated rings. The van der Waals surface area contributed by atoms with Gasteiger partial charge in [-0.1, -0.05) is 23.5 Å². The van der Waals surface area contributed by atoms with Gasteiger partial charge in [0, 0.05) is 31.6 Å². The summed E-state index contributed by atoms with van der Waals surface area (Å²) in [6.45, 7) is 6.95. The summed E-state index contributed by atoms with van der Waals surface area (Å²) in [7, 11) is 0. The fraction of sp³-hybridized carbons (Fsp3) is 0.360. The van der Waals surface area contributed by atoms with Crippen LogP contribution in [0, 0.1) is 5.82 Å². The number of thiazole rings is 1. The van der Waals surface area contributed by atoms with Crippen molar-refractivity contribution in [1.29, 1.82) is 0 Å². The Morgan fingerprint density at radius 2 is 2.06 bits per heavy atom. The summed E-state index contributed by atoms with van der Waals surface area (Å²) < 4.78 is 31.5. The second kappa shape index (κ2) is 11.3. The Morgan fingerprint density at radius 1 is 1.23 bits per heavy atom. The van der Waals surface area contributed by atoms with Gasteiger partial charge in [-0.05, 0) is 43.7 Å². The Bertz CT molecular complexity index is 1300. The molecule has 2 aromatic heterocycles. The first-order valence-electron chi connectivity index (χ1n) is 11.5. The van der Waals surface area contributed by atoms with Crippen LogP contribution in [0.3, 0.4) is 0 Å². The van der Waals surface area contributed by atoms with Crippen molar-refractivity contribution in [1.82, 2.24) is 9.88 Å². The normalized spacial score (nSPS) is 14.2. The number of morpholine rings is 1. The smallest absolute Gasteiger partial charge is 0.295 e. The molecule has 4 aromatic rings. The van der Waals surface area contributed by atoms with E-state index in [-0.39, 0.29) is 29.9 Å². The predicted molar refractivity (Wildman–Crippen MR) is 138 cm³/mol. The minimum absolute atomic E-state index is 0. The summed E-state index contributed by atoms with van der Waals surface area (Å²) in [4.78, 5) is 22.3. The molecule has 10 heteroatoms. The van der Waals surface area contributed by atoms with E-state index in [1.165, 1.54) is 23.5 Å². The summed E-state index contributed by atoms with van der Waals surface area (Å²) in [6, 6.07) is 11.8. The van der Waals surface area contributed by atoms with Crippen LogP contribution in [0.5, 0.6) is 5.75 Å². The highest BCUT2D eigenvalue weighted by molar-refractivity contribution is 7.22. The number of rotatable bonds is 8. The van der Waals surface area contributed by atoms with Gasteiger partial charge in [-0.3, -0.25) is 14.6 Å². The fourth-order valence-corrected chi connectivity index (χ4v) is 5.12. The molecule has 1 amide bonds. The van der Waals surface area contributed by atoms with E-state index in [2.05, 4.69) is 9.88 Å². The lowest BCUT2D eigenvalue weighted by molar-refractivity contribution is 0.0376. The minimum atomic E-state index is -0.325. The summed E-state index contributed by atoms with van der Waals surface area (Å²) in [6.07, 6.45) is 0.764. The number of furan rings is 1. The molecule has 35 heavy (non-hydrogen) atoms. The lowest BCUT2D eigenvalue weighted by Gasteiger charge is -2.27. The second-order valence-corrected chi connectivity index (χ2v) is 9.10. The maximum absolute atomic E-state index is 13.8. The van der Waals surface area contributed by atoms with Crippen molar-refractivity contribution in [2.24, 2.45) is 0 Å². The van der Waals surface area contributed by atoms with Crippen LogP contribution in [0.15, 0.2) is 46.9 Å². The van der Waals surface area contributed by atoms with E-state index in [0.29, 0.717) is 39.8 Å². The minimum Gasteiger partial charge on any atom is -0.490 e. The number of fused-ring (bicyclic) bond motifs is 2. The molecule has 0 atom stereocenters. The molecule has 186 valence electrons. The zero-order valence-corrected chi connectivity index (χ0v) is 21.0. The molecular formula is C25H27ClFN3O4S. The number of ether oxygens (including phenoxy) is 2. The van der Waals surface area contributed by atoms with Crippen LogP contribution in [-0.2, 0) is 4.74 Å². The zero-order chi connectivity index (χ0) is 23.5. The third kappa shape index (κ3) is 5.59. The predicted octanol–water partition coefficient (Wildman–Crippen LogP) is 5.37. The maximum Gasteiger partial charge on any atom is 0.295 e. The highest BCUT2D eigenvalue weighted by Gasteiger charge is 2.25. The number of anilines is 1. The third-order valence-electron chi connectivity index (χ3n) is 5.79. The standard InChI is InChI=1S/C25H26FN3O4S.ClH/c1-2-32-20-6-3-5-17-15-21(33-23(17)20)24(30)29(10-4-9-28-11-13-31-14-12-28)25-27-19-8-7-18(26)16-22(19)34-25;/h3,5-8,15-16H,2,4,9-14H2,1H3;1H. The Kier molecular flexibility index (Phi) is 8.22. The number of hydrogen-bond donors (Lipinski definition) is 0. The van der Waals surface area contributed by atoms with Gasteiger partial charge in [0.15, 0.2) is 22.2 Å². The van der Waals surface area contributed by atoms with Gasteiger partial charge < -0.3 is 13.9 Å². The second-order valence-electron chi connectivity index (χ2n) is 8.09. The molecule has 1 aliphatic heterocycles. The van der Waals surface area contributed by atoms with Crippen LogP contribution in [0.25, 0.3) is 21.2 Å². The largest absolute Gasteiger partial charge is 0.490 e. The molecule has 0 aliphatic carbocycles. The van der Waals surface area contributed by atoms with Crippen molar-refractivity contribution < 1.29 is 23.1 Å². The van der Waals surface area contributed by atoms with Gasteiger partial charge in [0.2, 0.25) is 0 Å². The molecule has 5 rings (SSSR count). The molecule has 1 saturated heterocycles. The first-order chi connectivity index (χ1) is 16.6. The van der Waals surface area contributed by atoms with Crippen LogP contribution in [0.1, 0.15) is 23.9 Å². The molecule has 0 radical (unpaired) electrons. The number of para-hydroxylation sites is 1. The molecule has 0 saturated carbocycles. The summed E-state index contributed by atoms with van der Waals surface area (Å²) in [5.41, 5.74) is 1.21. The van der Waals surface area contributed by atoms with Crippen molar-refractivity contribution in [3.8, 4) is 5.75 Å². The van der Waals surface area contributed by atoms with Crippen LogP contribution in [-0.4, -0.2) is 61.8 Å². The highest BCUT2D eigenvalue weighted by atomic mass is 35.5. The lowest BCUT2D eigenvalue weighted by Crippen LogP contribution is -2.39. The number of amides is 1. The van der Waals surface area contributed by atoms with Gasteiger partial charge in [0.25, 0.3) is 5.91 Å². The summed E-state index contributed by atoms with van der Waals surface area (Å²) >= 11 is 1.30. The monoisotopic (exact) mass is 519 g/mol. The molecular weight excluding hydrogens is 493 g/mol. The average Bonchev–Trinajstić information content (AvgIpc) is 3.47. The number of carbonyl (C=O) groups excluding carboxylic acids is 1. The van der Waals surface area contributed by atoms with E-state index >= 15 is 0 Å². The Hall–Kier alpha value is -2.72. The Labute approximate surface area is 212 Å². The quantitative estimate of drug-likeness (QED) is 0.312. The highest BCUT2D eigenvalue weighted by Crippen LogP contribution is 2.33. The van der Waals surface area contributed by atoms with Crippen LogP contribution in [0.4, 0.5) is 9.52 Å². The van der Waals surface area contributed by atoms with E-state index in [1.54, 1.807) is 17.0 Å². The zero-order valence-electron chi connectivity index (χ0n) is 19.4. The number of nitrogens with zero attached hydrogens (tertiary/aromatic N) is 3. The van der Waals surface area contributed by atoms with Crippen LogP contribution in [0.2, 0.25) is 0 Å². The number of hydrogen-bond acceptors (Lipinski definition) is 7. The van der Waals surface area contributed by atoms with E-state index in [9.17, 15) is 9.18 Å². The van der Waals surface area contributed by atoms with Gasteiger partial charge >= 0.3 is 0 Å². The number of halogens is 2. The van der Waals surface area contributed by atoms with Crippen LogP contribution < -0.4 is 9.64 Å². The molecule has 3 heterocycles. The van der Waals surface area contributed by atoms with Crippen molar-refractivity contribution >= 4 is 56.0 Å². The molecule has 0 N–H and O–H groups in total. The van der Waals surface area contributed by atoms with Crippen LogP contribution >= 0.6 is 23.7 Å². The number of aromatic nitrogens is 1. The number of benzene rings is 2. The van der Waals surface area contributed by atoms with E-state index in [0.717, 1.165) is 44.7 Å². The third-order valence-corrected chi connectivity index (χ3v) is 6.83. The van der Waals surface area contributed by atoms with Crippen molar-refractivity contribution in [3.05, 3.63) is 54.0 Å². The van der Waals surface area contributed by atoms with Gasteiger partial charge in [0.05, 0.1) is 30.0 Å². The van der Waals surface area contributed by atoms with Crippen molar-refractivity contribution in [3.63, 3.8) is 0 Å². The van der Waals surface area contributed by atoms with E-state index in [4.69, 9.17) is 13.9 Å². The molecule has 2 aromatic carbocycles. The van der Waals surface area contributed by atoms with E-state index < -0.39 is 0 Å². The van der Waals surface area contributed by atoms with Crippen molar-refractivity contribution in [2.45, 2.75) is 13.3 Å². The number of carbonyl (C=O) groups is 1. The summed E-state index contributed by atoms with van der Waals surface area (Å²) in [5, 5.41) is 1.33. The lowest BCUT2D eigenvalue weighted by atomic mass is 10.2. The van der Waals surface area contributed by atoms with Gasteiger partial charge in [-0.2, -0.15) is 0 Å². The van der Waals surface area contributed by atoms with Crippen molar-refractivity contribution in [2.75, 3.05) is 50.9 Å². The molecule has 0 spiro atoms. The molecule has 7 nitrogen and oxygen atoms in total. The van der Waals surface area contributed by atoms with Gasteiger partial charge in [0.1, 0.15) is 5.82 Å². The first kappa shape index (κ1) is 25.4. The maximum atomic E-state index is 13.8. The first-order valence-corrected chi connectivity index (χ1v) is 12.3. The fourth-order valence-electron chi connectivity index (χ4n) is 4.11. The topological polar surface area (TPSA) is 68.0 Å². The summed E-state index contributed by atoms with van der Waals surface area (Å²) in [5.74, 6) is 0.223. The Morgan fingerprint density at radius 3 is 2.86 bits per heavy atom. The molecule has 0 bridgehead atoms. The van der Waals surface area contributed by atoms with E-state index in [1.807, 2.05) is 25.1 Å². The van der Waals surface area contributed by atoms with Gasteiger partial charge in [-0.25, -0.2) is 9.37 Å². The molecule has 0 unspecified atom stereocenters. The SMILES string of the molecule is CCOc1cccc2cc(C(=O)N(CCCN3CCOCC3)c3nc4ccc(F)cc4s3)oc12.Cl. The average molecular weight is 520 g/mol. The van der Waals surface area contributed by atoms with Gasteiger partial charge in [-0.15, -0.1) is 12.4 Å². The molecule has 1 aliphatic rings.